The Kier molecular flexibility index (Phi) is 5.96. The zero-order chi connectivity index (χ0) is 16.2. The highest BCUT2D eigenvalue weighted by molar-refractivity contribution is 6.34. The van der Waals surface area contributed by atoms with Crippen molar-refractivity contribution in [2.45, 2.75) is 20.3 Å². The lowest BCUT2D eigenvalue weighted by molar-refractivity contribution is -0.383. The molecule has 1 rings (SSSR count). The van der Waals surface area contributed by atoms with Gasteiger partial charge in [-0.15, -0.1) is 0 Å². The van der Waals surface area contributed by atoms with E-state index in [4.69, 9.17) is 11.6 Å². The van der Waals surface area contributed by atoms with E-state index in [9.17, 15) is 14.9 Å². The average Bonchev–Trinajstić information content (AvgIpc) is 2.44. The molecule has 0 radical (unpaired) electrons. The summed E-state index contributed by atoms with van der Waals surface area (Å²) in [5.41, 5.74) is 0.226. The molecule has 21 heavy (non-hydrogen) atoms. The molecule has 1 aromatic carbocycles. The zero-order valence-corrected chi connectivity index (χ0v) is 13.4. The minimum absolute atomic E-state index is 0.159. The fourth-order valence-electron chi connectivity index (χ4n) is 2.01. The number of hydrogen-bond donors (Lipinski definition) is 1. The molecule has 1 atom stereocenters. The SMILES string of the molecule is CCC(C)CN(C)C(=O)c1cc(Cl)c(NC)c([N+](=O)[O-])c1. The molecule has 116 valence electrons. The largest absolute Gasteiger partial charge is 0.381 e. The second-order valence-corrected chi connectivity index (χ2v) is 5.47. The van der Waals surface area contributed by atoms with E-state index in [2.05, 4.69) is 5.32 Å². The van der Waals surface area contributed by atoms with Crippen molar-refractivity contribution < 1.29 is 9.72 Å². The van der Waals surface area contributed by atoms with Crippen molar-refractivity contribution in [1.29, 1.82) is 0 Å². The molecule has 0 aliphatic rings. The number of nitro benzene ring substituents is 1. The Balaban J connectivity index is 3.13. The fourth-order valence-corrected chi connectivity index (χ4v) is 2.32. The summed E-state index contributed by atoms with van der Waals surface area (Å²) in [5, 5.41) is 13.9. The predicted octanol–water partition coefficient (Wildman–Crippen LogP) is 3.41. The molecule has 0 aromatic heterocycles. The van der Waals surface area contributed by atoms with Crippen molar-refractivity contribution in [3.63, 3.8) is 0 Å². The van der Waals surface area contributed by atoms with Crippen LogP contribution in [0.1, 0.15) is 30.6 Å². The van der Waals surface area contributed by atoms with Crippen molar-refractivity contribution in [3.05, 3.63) is 32.8 Å². The third-order valence-corrected chi connectivity index (χ3v) is 3.69. The third kappa shape index (κ3) is 4.07. The number of nitrogens with one attached hydrogen (secondary N) is 1. The maximum absolute atomic E-state index is 12.3. The number of carbonyl (C=O) groups excluding carboxylic acids is 1. The molecule has 1 amide bonds. The molecule has 1 aromatic rings. The van der Waals surface area contributed by atoms with E-state index in [1.165, 1.54) is 12.1 Å². The Hall–Kier alpha value is -1.82. The van der Waals surface area contributed by atoms with Gasteiger partial charge < -0.3 is 10.2 Å². The van der Waals surface area contributed by atoms with E-state index in [0.717, 1.165) is 6.42 Å². The maximum atomic E-state index is 12.3. The van der Waals surface area contributed by atoms with Gasteiger partial charge in [-0.05, 0) is 12.0 Å². The second kappa shape index (κ2) is 7.26. The smallest absolute Gasteiger partial charge is 0.294 e. The van der Waals surface area contributed by atoms with Gasteiger partial charge in [-0.3, -0.25) is 14.9 Å². The number of carbonyl (C=O) groups is 1. The van der Waals surface area contributed by atoms with Crippen LogP contribution in [-0.2, 0) is 0 Å². The Morgan fingerprint density at radius 3 is 2.62 bits per heavy atom. The van der Waals surface area contributed by atoms with Gasteiger partial charge in [-0.1, -0.05) is 31.9 Å². The highest BCUT2D eigenvalue weighted by atomic mass is 35.5. The summed E-state index contributed by atoms with van der Waals surface area (Å²) >= 11 is 6.02. The summed E-state index contributed by atoms with van der Waals surface area (Å²) in [5.74, 6) is 0.0870. The van der Waals surface area contributed by atoms with Crippen LogP contribution in [0, 0.1) is 16.0 Å². The van der Waals surface area contributed by atoms with Crippen molar-refractivity contribution in [3.8, 4) is 0 Å². The standard InChI is InChI=1S/C14H20ClN3O3/c1-5-9(2)8-17(4)14(19)10-6-11(15)13(16-3)12(7-10)18(20)21/h6-7,9,16H,5,8H2,1-4H3. The van der Waals surface area contributed by atoms with Gasteiger partial charge in [0.05, 0.1) is 9.95 Å². The first kappa shape index (κ1) is 17.2. The summed E-state index contributed by atoms with van der Waals surface area (Å²) in [6.07, 6.45) is 0.956. The van der Waals surface area contributed by atoms with Gasteiger partial charge in [0, 0.05) is 32.3 Å². The van der Waals surface area contributed by atoms with Crippen molar-refractivity contribution in [1.82, 2.24) is 4.90 Å². The number of benzene rings is 1. The summed E-state index contributed by atoms with van der Waals surface area (Å²) in [4.78, 5) is 24.4. The molecule has 6 nitrogen and oxygen atoms in total. The molecule has 0 bridgehead atoms. The summed E-state index contributed by atoms with van der Waals surface area (Å²) in [7, 11) is 3.23. The van der Waals surface area contributed by atoms with Gasteiger partial charge in [-0.2, -0.15) is 0 Å². The summed E-state index contributed by atoms with van der Waals surface area (Å²) in [6, 6.07) is 2.71. The van der Waals surface area contributed by atoms with Gasteiger partial charge in [0.1, 0.15) is 5.69 Å². The molecule has 7 heteroatoms. The lowest BCUT2D eigenvalue weighted by atomic mass is 10.1. The van der Waals surface area contributed by atoms with Crippen molar-refractivity contribution in [2.24, 2.45) is 5.92 Å². The van der Waals surface area contributed by atoms with Crippen LogP contribution in [0.2, 0.25) is 5.02 Å². The van der Waals surface area contributed by atoms with Gasteiger partial charge in [0.25, 0.3) is 11.6 Å². The molecule has 0 saturated heterocycles. The number of hydrogen-bond acceptors (Lipinski definition) is 4. The number of halogens is 1. The number of rotatable bonds is 6. The highest BCUT2D eigenvalue weighted by Gasteiger charge is 2.22. The van der Waals surface area contributed by atoms with Gasteiger partial charge in [-0.25, -0.2) is 0 Å². The monoisotopic (exact) mass is 313 g/mol. The van der Waals surface area contributed by atoms with E-state index in [0.29, 0.717) is 12.5 Å². The first-order valence-corrected chi connectivity index (χ1v) is 7.10. The summed E-state index contributed by atoms with van der Waals surface area (Å²) in [6.45, 7) is 4.68. The molecule has 0 aliphatic carbocycles. The van der Waals surface area contributed by atoms with Crippen LogP contribution in [0.3, 0.4) is 0 Å². The Bertz CT molecular complexity index is 549. The molecule has 1 unspecified atom stereocenters. The fraction of sp³-hybridized carbons (Fsp3) is 0.500. The van der Waals surface area contributed by atoms with Crippen LogP contribution >= 0.6 is 11.6 Å². The van der Waals surface area contributed by atoms with Gasteiger partial charge >= 0.3 is 0 Å². The summed E-state index contributed by atoms with van der Waals surface area (Å²) < 4.78 is 0. The normalized spacial score (nSPS) is 11.9. The van der Waals surface area contributed by atoms with Crippen LogP contribution in [-0.4, -0.2) is 36.4 Å². The molecule has 0 saturated carbocycles. The minimum Gasteiger partial charge on any atom is -0.381 e. The first-order chi connectivity index (χ1) is 9.81. The van der Waals surface area contributed by atoms with E-state index in [1.807, 2.05) is 13.8 Å². The molecule has 0 aliphatic heterocycles. The number of nitrogens with zero attached hydrogens (tertiary/aromatic N) is 2. The number of amides is 1. The van der Waals surface area contributed by atoms with Crippen LogP contribution in [0.4, 0.5) is 11.4 Å². The van der Waals surface area contributed by atoms with E-state index in [-0.39, 0.29) is 27.9 Å². The molecular weight excluding hydrogens is 294 g/mol. The zero-order valence-electron chi connectivity index (χ0n) is 12.6. The van der Waals surface area contributed by atoms with Gasteiger partial charge in [0.2, 0.25) is 0 Å². The average molecular weight is 314 g/mol. The van der Waals surface area contributed by atoms with E-state index < -0.39 is 4.92 Å². The Morgan fingerprint density at radius 2 is 2.14 bits per heavy atom. The van der Waals surface area contributed by atoms with Gasteiger partial charge in [0.15, 0.2) is 0 Å². The minimum atomic E-state index is -0.552. The Morgan fingerprint density at radius 1 is 1.52 bits per heavy atom. The first-order valence-electron chi connectivity index (χ1n) is 6.72. The van der Waals surface area contributed by atoms with Crippen LogP contribution in [0.25, 0.3) is 0 Å². The topological polar surface area (TPSA) is 75.5 Å². The van der Waals surface area contributed by atoms with Crippen LogP contribution in [0.5, 0.6) is 0 Å². The molecule has 1 N–H and O–H groups in total. The highest BCUT2D eigenvalue weighted by Crippen LogP contribution is 2.33. The quantitative estimate of drug-likeness (QED) is 0.645. The number of anilines is 1. The molecule has 0 fully saturated rings. The molecular formula is C14H20ClN3O3. The van der Waals surface area contributed by atoms with Crippen molar-refractivity contribution >= 4 is 28.9 Å². The third-order valence-electron chi connectivity index (χ3n) is 3.39. The lowest BCUT2D eigenvalue weighted by Crippen LogP contribution is -2.31. The Labute approximate surface area is 129 Å². The van der Waals surface area contributed by atoms with Crippen molar-refractivity contribution in [2.75, 3.05) is 26.0 Å². The van der Waals surface area contributed by atoms with E-state index in [1.54, 1.807) is 19.0 Å². The predicted molar refractivity (Wildman–Crippen MR) is 84.1 cm³/mol. The van der Waals surface area contributed by atoms with Crippen LogP contribution in [0.15, 0.2) is 12.1 Å². The molecule has 0 heterocycles. The van der Waals surface area contributed by atoms with E-state index >= 15 is 0 Å². The number of nitro groups is 1. The second-order valence-electron chi connectivity index (χ2n) is 5.06. The van der Waals surface area contributed by atoms with Crippen LogP contribution < -0.4 is 5.32 Å². The maximum Gasteiger partial charge on any atom is 0.294 e. The lowest BCUT2D eigenvalue weighted by Gasteiger charge is -2.21. The molecule has 0 spiro atoms.